The molecule has 19 heavy (non-hydrogen) atoms. The Bertz CT molecular complexity index is 469. The molecule has 0 radical (unpaired) electrons. The van der Waals surface area contributed by atoms with Crippen LogP contribution in [0.5, 0.6) is 0 Å². The number of aliphatic hydroxyl groups is 1. The van der Waals surface area contributed by atoms with Crippen LogP contribution in [0.25, 0.3) is 0 Å². The van der Waals surface area contributed by atoms with E-state index in [0.29, 0.717) is 12.5 Å². The average molecular weight is 260 g/mol. The van der Waals surface area contributed by atoms with Crippen LogP contribution in [0, 0.1) is 5.92 Å². The van der Waals surface area contributed by atoms with Gasteiger partial charge in [0.15, 0.2) is 0 Å². The minimum Gasteiger partial charge on any atom is -0.396 e. The van der Waals surface area contributed by atoms with E-state index in [2.05, 4.69) is 23.1 Å². The summed E-state index contributed by atoms with van der Waals surface area (Å²) in [5, 5.41) is 8.97. The molecule has 0 atom stereocenters. The number of carbonyl (C=O) groups excluding carboxylic acids is 1. The lowest BCUT2D eigenvalue weighted by Gasteiger charge is -2.39. The van der Waals surface area contributed by atoms with Crippen LogP contribution >= 0.6 is 0 Å². The van der Waals surface area contributed by atoms with Crippen molar-refractivity contribution >= 4 is 5.91 Å². The highest BCUT2D eigenvalue weighted by atomic mass is 16.3. The number of amides is 1. The Labute approximate surface area is 113 Å². The molecule has 0 saturated carbocycles. The minimum atomic E-state index is 0.214. The quantitative estimate of drug-likeness (QED) is 0.860. The molecule has 2 aliphatic heterocycles. The molecule has 1 amide bonds. The third-order valence-electron chi connectivity index (χ3n) is 4.13. The van der Waals surface area contributed by atoms with Crippen molar-refractivity contribution in [3.05, 3.63) is 35.4 Å². The standard InChI is InChI=1S/C15H20N2O2/c18-11-12-7-16(8-12)10-15(19)17-6-5-13-3-1-2-4-14(13)9-17/h1-4,12,18H,5-11H2. The molecule has 102 valence electrons. The van der Waals surface area contributed by atoms with Gasteiger partial charge in [-0.1, -0.05) is 24.3 Å². The van der Waals surface area contributed by atoms with Gasteiger partial charge in [-0.2, -0.15) is 0 Å². The molecule has 2 aliphatic rings. The van der Waals surface area contributed by atoms with E-state index in [1.54, 1.807) is 0 Å². The fraction of sp³-hybridized carbons (Fsp3) is 0.533. The molecule has 1 N–H and O–H groups in total. The number of nitrogens with zero attached hydrogens (tertiary/aromatic N) is 2. The molecule has 1 saturated heterocycles. The van der Waals surface area contributed by atoms with Gasteiger partial charge < -0.3 is 10.0 Å². The van der Waals surface area contributed by atoms with E-state index in [1.807, 2.05) is 11.0 Å². The highest BCUT2D eigenvalue weighted by Crippen LogP contribution is 2.20. The zero-order chi connectivity index (χ0) is 13.2. The van der Waals surface area contributed by atoms with Crippen molar-refractivity contribution in [3.8, 4) is 0 Å². The molecule has 4 nitrogen and oxygen atoms in total. The first-order chi connectivity index (χ1) is 9.26. The van der Waals surface area contributed by atoms with Gasteiger partial charge in [-0.3, -0.25) is 9.69 Å². The first-order valence-electron chi connectivity index (χ1n) is 6.94. The predicted molar refractivity (Wildman–Crippen MR) is 72.6 cm³/mol. The van der Waals surface area contributed by atoms with Gasteiger partial charge in [-0.15, -0.1) is 0 Å². The lowest BCUT2D eigenvalue weighted by molar-refractivity contribution is -0.135. The van der Waals surface area contributed by atoms with E-state index in [4.69, 9.17) is 5.11 Å². The molecule has 2 heterocycles. The van der Waals surface area contributed by atoms with Crippen LogP contribution in [0.3, 0.4) is 0 Å². The van der Waals surface area contributed by atoms with Crippen molar-refractivity contribution in [1.29, 1.82) is 0 Å². The van der Waals surface area contributed by atoms with Crippen molar-refractivity contribution in [1.82, 2.24) is 9.80 Å². The number of fused-ring (bicyclic) bond motifs is 1. The highest BCUT2D eigenvalue weighted by molar-refractivity contribution is 5.78. The topological polar surface area (TPSA) is 43.8 Å². The second-order valence-corrected chi connectivity index (χ2v) is 5.58. The molecule has 4 heteroatoms. The number of carbonyl (C=O) groups is 1. The molecule has 1 aromatic carbocycles. The molecular weight excluding hydrogens is 240 g/mol. The number of likely N-dealkylation sites (tertiary alicyclic amines) is 1. The summed E-state index contributed by atoms with van der Waals surface area (Å²) in [4.78, 5) is 16.3. The van der Waals surface area contributed by atoms with Gasteiger partial charge in [0.05, 0.1) is 6.54 Å². The van der Waals surface area contributed by atoms with Gasteiger partial charge >= 0.3 is 0 Å². The Morgan fingerprint density at radius 1 is 1.26 bits per heavy atom. The number of hydrogen-bond donors (Lipinski definition) is 1. The summed E-state index contributed by atoms with van der Waals surface area (Å²) < 4.78 is 0. The molecule has 3 rings (SSSR count). The van der Waals surface area contributed by atoms with Crippen molar-refractivity contribution in [3.63, 3.8) is 0 Å². The van der Waals surface area contributed by atoms with E-state index in [9.17, 15) is 4.79 Å². The van der Waals surface area contributed by atoms with E-state index >= 15 is 0 Å². The van der Waals surface area contributed by atoms with Crippen molar-refractivity contribution in [2.75, 3.05) is 32.8 Å². The van der Waals surface area contributed by atoms with Gasteiger partial charge in [-0.05, 0) is 17.5 Å². The Balaban J connectivity index is 1.55. The molecule has 0 aromatic heterocycles. The SMILES string of the molecule is O=C(CN1CC(CO)C1)N1CCc2ccccc2C1. The molecule has 1 fully saturated rings. The Morgan fingerprint density at radius 2 is 2.00 bits per heavy atom. The predicted octanol–water partition coefficient (Wildman–Crippen LogP) is 0.495. The molecule has 0 aliphatic carbocycles. The van der Waals surface area contributed by atoms with Crippen molar-refractivity contribution in [2.24, 2.45) is 5.92 Å². The number of rotatable bonds is 3. The third kappa shape index (κ3) is 2.65. The maximum atomic E-state index is 12.2. The third-order valence-corrected chi connectivity index (χ3v) is 4.13. The summed E-state index contributed by atoms with van der Waals surface area (Å²) in [6.45, 7) is 4.01. The lowest BCUT2D eigenvalue weighted by Crippen LogP contribution is -2.53. The summed E-state index contributed by atoms with van der Waals surface area (Å²) in [6, 6.07) is 8.36. The van der Waals surface area contributed by atoms with Gasteiger partial charge in [0.25, 0.3) is 0 Å². The summed E-state index contributed by atoms with van der Waals surface area (Å²) in [6.07, 6.45) is 0.960. The van der Waals surface area contributed by atoms with Crippen molar-refractivity contribution in [2.45, 2.75) is 13.0 Å². The fourth-order valence-corrected chi connectivity index (χ4v) is 2.92. The van der Waals surface area contributed by atoms with Crippen LogP contribution in [-0.2, 0) is 17.8 Å². The van der Waals surface area contributed by atoms with Crippen LogP contribution in [0.2, 0.25) is 0 Å². The second kappa shape index (κ2) is 5.31. The minimum absolute atomic E-state index is 0.214. The summed E-state index contributed by atoms with van der Waals surface area (Å²) >= 11 is 0. The first kappa shape index (κ1) is 12.6. The molecule has 1 aromatic rings. The smallest absolute Gasteiger partial charge is 0.237 e. The van der Waals surface area contributed by atoms with E-state index < -0.39 is 0 Å². The molecule has 0 bridgehead atoms. The van der Waals surface area contributed by atoms with E-state index in [-0.39, 0.29) is 12.5 Å². The highest BCUT2D eigenvalue weighted by Gasteiger charge is 2.29. The maximum absolute atomic E-state index is 12.2. The number of aliphatic hydroxyl groups excluding tert-OH is 1. The Hall–Kier alpha value is -1.39. The maximum Gasteiger partial charge on any atom is 0.237 e. The molecule has 0 spiro atoms. The molecule has 0 unspecified atom stereocenters. The zero-order valence-corrected chi connectivity index (χ0v) is 11.1. The van der Waals surface area contributed by atoms with Gasteiger partial charge in [-0.25, -0.2) is 0 Å². The monoisotopic (exact) mass is 260 g/mol. The van der Waals surface area contributed by atoms with Gasteiger partial charge in [0.2, 0.25) is 5.91 Å². The average Bonchev–Trinajstić information content (AvgIpc) is 2.41. The number of benzene rings is 1. The largest absolute Gasteiger partial charge is 0.396 e. The first-order valence-corrected chi connectivity index (χ1v) is 6.94. The normalized spacial score (nSPS) is 19.9. The van der Waals surface area contributed by atoms with E-state index in [0.717, 1.165) is 32.6 Å². The summed E-state index contributed by atoms with van der Waals surface area (Å²) in [5.41, 5.74) is 2.65. The Morgan fingerprint density at radius 3 is 2.74 bits per heavy atom. The van der Waals surface area contributed by atoms with Crippen LogP contribution in [-0.4, -0.2) is 53.6 Å². The van der Waals surface area contributed by atoms with Crippen LogP contribution in [0.4, 0.5) is 0 Å². The number of hydrogen-bond acceptors (Lipinski definition) is 3. The Kier molecular flexibility index (Phi) is 3.53. The lowest BCUT2D eigenvalue weighted by atomic mass is 9.99. The van der Waals surface area contributed by atoms with Gasteiger partial charge in [0, 0.05) is 38.7 Å². The van der Waals surface area contributed by atoms with Crippen LogP contribution in [0.15, 0.2) is 24.3 Å². The zero-order valence-electron chi connectivity index (χ0n) is 11.1. The van der Waals surface area contributed by atoms with Crippen LogP contribution < -0.4 is 0 Å². The van der Waals surface area contributed by atoms with Crippen LogP contribution in [0.1, 0.15) is 11.1 Å². The molecular formula is C15H20N2O2. The summed E-state index contributed by atoms with van der Waals surface area (Å²) in [7, 11) is 0. The fourth-order valence-electron chi connectivity index (χ4n) is 2.92. The van der Waals surface area contributed by atoms with E-state index in [1.165, 1.54) is 11.1 Å². The van der Waals surface area contributed by atoms with Gasteiger partial charge in [0.1, 0.15) is 0 Å². The van der Waals surface area contributed by atoms with Crippen molar-refractivity contribution < 1.29 is 9.90 Å². The summed E-state index contributed by atoms with van der Waals surface area (Å²) in [5.74, 6) is 0.584. The second-order valence-electron chi connectivity index (χ2n) is 5.58.